The second-order valence-corrected chi connectivity index (χ2v) is 23.1. The third kappa shape index (κ3) is 21.2. The van der Waals surface area contributed by atoms with E-state index in [-0.39, 0.29) is 54.1 Å². The molecular formula is C73H90FN9O9. The number of aryl methyl sites for hydroxylation is 1. The van der Waals surface area contributed by atoms with Crippen LogP contribution in [-0.2, 0) is 13.0 Å². The second-order valence-electron chi connectivity index (χ2n) is 23.1. The van der Waals surface area contributed by atoms with Crippen molar-refractivity contribution in [2.24, 2.45) is 5.92 Å². The molecule has 0 radical (unpaired) electrons. The summed E-state index contributed by atoms with van der Waals surface area (Å²) in [4.78, 5) is 53.2. The summed E-state index contributed by atoms with van der Waals surface area (Å²) in [5.74, 6) is 2.63. The van der Waals surface area contributed by atoms with Crippen molar-refractivity contribution in [1.29, 1.82) is 0 Å². The summed E-state index contributed by atoms with van der Waals surface area (Å²) >= 11 is 0. The van der Waals surface area contributed by atoms with Gasteiger partial charge in [0.1, 0.15) is 34.9 Å². The summed E-state index contributed by atoms with van der Waals surface area (Å²) in [6.07, 6.45) is 7.98. The molecular weight excluding hydrogens is 1170 g/mol. The first-order valence-corrected chi connectivity index (χ1v) is 32.3. The molecule has 0 bridgehead atoms. The van der Waals surface area contributed by atoms with E-state index in [1.807, 2.05) is 65.8 Å². The van der Waals surface area contributed by atoms with Crippen LogP contribution in [0.25, 0.3) is 0 Å². The maximum absolute atomic E-state index is 14.7. The maximum atomic E-state index is 14.7. The Morgan fingerprint density at radius 1 is 0.587 bits per heavy atom. The number of hydrogen-bond acceptors (Lipinski definition) is 12. The van der Waals surface area contributed by atoms with Gasteiger partial charge in [0.15, 0.2) is 11.5 Å². The minimum absolute atomic E-state index is 0.0226. The van der Waals surface area contributed by atoms with Crippen molar-refractivity contribution < 1.29 is 47.6 Å². The molecule has 0 atom stereocenters. The normalized spacial score (nSPS) is 13.5. The lowest BCUT2D eigenvalue weighted by molar-refractivity contribution is 0.101. The zero-order valence-corrected chi connectivity index (χ0v) is 53.8. The summed E-state index contributed by atoms with van der Waals surface area (Å²) < 4.78 is 38.7. The van der Waals surface area contributed by atoms with Crippen molar-refractivity contribution in [3.63, 3.8) is 0 Å². The Hall–Kier alpha value is -9.17. The van der Waals surface area contributed by atoms with Crippen LogP contribution in [0.15, 0.2) is 152 Å². The van der Waals surface area contributed by atoms with E-state index in [1.165, 1.54) is 30.5 Å². The van der Waals surface area contributed by atoms with E-state index in [2.05, 4.69) is 77.8 Å². The lowest BCUT2D eigenvalue weighted by Crippen LogP contribution is -2.37. The van der Waals surface area contributed by atoms with Gasteiger partial charge in [0.25, 0.3) is 11.8 Å². The number of amides is 6. The van der Waals surface area contributed by atoms with Crippen LogP contribution in [0.2, 0.25) is 0 Å². The number of anilines is 5. The fourth-order valence-corrected chi connectivity index (χ4v) is 10.8. The molecule has 19 heteroatoms. The number of carbonyl (C=O) groups is 4. The minimum atomic E-state index is -0.619. The molecule has 18 nitrogen and oxygen atoms in total. The van der Waals surface area contributed by atoms with Gasteiger partial charge in [0, 0.05) is 77.8 Å². The fraction of sp³-hybridized carbons (Fsp3) is 0.370. The SMILES string of the molecule is CCC(CC)NC(=O)Nc1ccc(Oc2ccc(NC(=O)c3ccc(OC4CCNCC4)c(CCO)c3)cc2C)cc1F.CCOc1cc(NC(=O)NC(CC)CC)ccc1Oc1ccc(NC(=O)c2ccc(NCC3CCN(Cc4ccccc4)CC3)cc2)cc1. The molecule has 0 aliphatic carbocycles. The molecule has 7 aromatic rings. The first-order valence-electron chi connectivity index (χ1n) is 32.3. The highest BCUT2D eigenvalue weighted by molar-refractivity contribution is 6.05. The molecule has 0 unspecified atom stereocenters. The Labute approximate surface area is 540 Å². The number of ether oxygens (including phenoxy) is 4. The van der Waals surface area contributed by atoms with Crippen LogP contribution in [0.4, 0.5) is 42.4 Å². The zero-order chi connectivity index (χ0) is 65.2. The number of hydrogen-bond donors (Lipinski definition) is 9. The lowest BCUT2D eigenvalue weighted by atomic mass is 9.96. The highest BCUT2D eigenvalue weighted by Gasteiger charge is 2.22. The largest absolute Gasteiger partial charge is 0.490 e. The minimum Gasteiger partial charge on any atom is -0.490 e. The van der Waals surface area contributed by atoms with E-state index < -0.39 is 11.8 Å². The van der Waals surface area contributed by atoms with Crippen LogP contribution in [-0.4, -0.2) is 98.0 Å². The van der Waals surface area contributed by atoms with E-state index >= 15 is 0 Å². The molecule has 0 spiro atoms. The van der Waals surface area contributed by atoms with Crippen molar-refractivity contribution in [2.75, 3.05) is 72.5 Å². The van der Waals surface area contributed by atoms with Gasteiger partial charge in [-0.3, -0.25) is 14.5 Å². The monoisotopic (exact) mass is 1260 g/mol. The van der Waals surface area contributed by atoms with Gasteiger partial charge in [0.05, 0.1) is 12.3 Å². The van der Waals surface area contributed by atoms with Crippen LogP contribution >= 0.6 is 0 Å². The number of rotatable bonds is 27. The molecule has 7 aromatic carbocycles. The van der Waals surface area contributed by atoms with Gasteiger partial charge in [-0.1, -0.05) is 58.0 Å². The third-order valence-electron chi connectivity index (χ3n) is 16.3. The molecule has 9 N–H and O–H groups in total. The van der Waals surface area contributed by atoms with Crippen molar-refractivity contribution in [1.82, 2.24) is 20.9 Å². The molecule has 2 saturated heterocycles. The summed E-state index contributed by atoms with van der Waals surface area (Å²) in [7, 11) is 0. The average Bonchev–Trinajstić information content (AvgIpc) is 1.04. The van der Waals surface area contributed by atoms with Gasteiger partial charge in [-0.25, -0.2) is 14.0 Å². The number of urea groups is 2. The molecule has 0 aromatic heterocycles. The van der Waals surface area contributed by atoms with Gasteiger partial charge in [-0.2, -0.15) is 0 Å². The number of benzene rings is 7. The van der Waals surface area contributed by atoms with Gasteiger partial charge >= 0.3 is 12.1 Å². The Bertz CT molecular complexity index is 3480. The molecule has 2 fully saturated rings. The van der Waals surface area contributed by atoms with E-state index in [0.717, 1.165) is 94.6 Å². The van der Waals surface area contributed by atoms with Gasteiger partial charge < -0.3 is 66.6 Å². The topological polar surface area (TPSA) is 225 Å². The number of piperidine rings is 2. The standard InChI is InChI=1S/C40H49N5O4.C33H41FN4O5/c1-4-32(5-2)43-40(47)44-35-18-21-37(38(26-35)48-6-3)49-36-19-16-34(17-20-36)42-39(46)31-12-14-33(15-13-31)41-27-29-22-24-45(25-23-29)28-30-10-8-7-9-11-30;1-4-24(5-2)37-33(41)38-29-9-8-27(20-28(29)34)43-30-11-7-25(18-21(30)3)36-32(40)23-6-10-31(22(19-23)14-17-39)42-26-12-15-35-16-13-26/h7-21,26,29,32,41H,4-6,22-25,27-28H2,1-3H3,(H,42,46)(H2,43,44,47);6-11,18-20,24,26,35,39H,4-5,12-17H2,1-3H3,(H,36,40)(H2,37,38,41). The highest BCUT2D eigenvalue weighted by Crippen LogP contribution is 2.36. The van der Waals surface area contributed by atoms with E-state index in [1.54, 1.807) is 84.9 Å². The highest BCUT2D eigenvalue weighted by atomic mass is 19.1. The number of nitrogens with zero attached hydrogens (tertiary/aromatic N) is 1. The van der Waals surface area contributed by atoms with Crippen LogP contribution in [0.5, 0.6) is 34.5 Å². The Morgan fingerprint density at radius 2 is 1.16 bits per heavy atom. The number of aliphatic hydroxyl groups is 1. The molecule has 2 aliphatic rings. The summed E-state index contributed by atoms with van der Waals surface area (Å²) in [5.41, 5.74) is 6.85. The number of aliphatic hydroxyl groups excluding tert-OH is 1. The summed E-state index contributed by atoms with van der Waals surface area (Å²) in [6.45, 7) is 18.2. The summed E-state index contributed by atoms with van der Waals surface area (Å²) in [6, 6.07) is 44.9. The molecule has 2 aliphatic heterocycles. The van der Waals surface area contributed by atoms with Crippen LogP contribution in [0.3, 0.4) is 0 Å². The first kappa shape index (κ1) is 68.7. The number of carbonyl (C=O) groups excluding carboxylic acids is 4. The van der Waals surface area contributed by atoms with Crippen molar-refractivity contribution in [3.8, 4) is 34.5 Å². The van der Waals surface area contributed by atoms with E-state index in [4.69, 9.17) is 18.9 Å². The number of halogens is 1. The summed E-state index contributed by atoms with van der Waals surface area (Å²) in [5, 5.41) is 33.5. The van der Waals surface area contributed by atoms with Crippen molar-refractivity contribution >= 4 is 52.3 Å². The first-order chi connectivity index (χ1) is 44.7. The third-order valence-corrected chi connectivity index (χ3v) is 16.3. The Balaban J connectivity index is 0.000000239. The number of likely N-dealkylation sites (tertiary alicyclic amines) is 1. The molecule has 488 valence electrons. The molecule has 9 rings (SSSR count). The van der Waals surface area contributed by atoms with Crippen LogP contribution in [0, 0.1) is 18.7 Å². The predicted octanol–water partition coefficient (Wildman–Crippen LogP) is 14.9. The molecule has 2 heterocycles. The quantitative estimate of drug-likeness (QED) is 0.0235. The number of nitrogens with one attached hydrogen (secondary N) is 8. The van der Waals surface area contributed by atoms with Crippen LogP contribution < -0.4 is 61.5 Å². The van der Waals surface area contributed by atoms with Crippen LogP contribution in [0.1, 0.15) is 123 Å². The molecule has 6 amide bonds. The predicted molar refractivity (Wildman–Crippen MR) is 364 cm³/mol. The van der Waals surface area contributed by atoms with Gasteiger partial charge in [-0.15, -0.1) is 0 Å². The van der Waals surface area contributed by atoms with Crippen molar-refractivity contribution in [2.45, 2.75) is 124 Å². The Kier molecular flexibility index (Phi) is 26.5. The van der Waals surface area contributed by atoms with Crippen molar-refractivity contribution in [3.05, 3.63) is 185 Å². The molecule has 92 heavy (non-hydrogen) atoms. The lowest BCUT2D eigenvalue weighted by Gasteiger charge is -2.32. The smallest absolute Gasteiger partial charge is 0.319 e. The average molecular weight is 1260 g/mol. The second kappa shape index (κ2) is 35.4. The maximum Gasteiger partial charge on any atom is 0.319 e. The fourth-order valence-electron chi connectivity index (χ4n) is 10.8. The molecule has 0 saturated carbocycles. The van der Waals surface area contributed by atoms with Gasteiger partial charge in [-0.05, 0) is 230 Å². The van der Waals surface area contributed by atoms with Gasteiger partial charge in [0.2, 0.25) is 0 Å². The zero-order valence-electron chi connectivity index (χ0n) is 53.8. The van der Waals surface area contributed by atoms with E-state index in [0.29, 0.717) is 75.9 Å². The van der Waals surface area contributed by atoms with E-state index in [9.17, 15) is 28.7 Å². The Morgan fingerprint density at radius 3 is 1.80 bits per heavy atom.